The number of ether oxygens (including phenoxy) is 1. The number of pyridine rings is 1. The molecule has 2 heterocycles. The number of amides is 1. The standard InChI is InChI=1S/C17H16Cl2N2O2/c18-13-4-1-3-12(9-13)17(22)21-8-2-5-14(11-21)23-16-6-7-20-10-15(16)19/h1,3-4,6-7,9-10,14H,2,5,8,11H2. The van der Waals surface area contributed by atoms with Gasteiger partial charge in [-0.25, -0.2) is 0 Å². The normalized spacial score (nSPS) is 17.8. The zero-order valence-electron chi connectivity index (χ0n) is 12.4. The van der Waals surface area contributed by atoms with Crippen LogP contribution in [0.1, 0.15) is 23.2 Å². The summed E-state index contributed by atoms with van der Waals surface area (Å²) >= 11 is 12.0. The minimum absolute atomic E-state index is 0.0263. The van der Waals surface area contributed by atoms with Crippen molar-refractivity contribution in [3.63, 3.8) is 0 Å². The largest absolute Gasteiger partial charge is 0.487 e. The molecule has 120 valence electrons. The fourth-order valence-electron chi connectivity index (χ4n) is 2.66. The summed E-state index contributed by atoms with van der Waals surface area (Å²) in [6.45, 7) is 1.25. The van der Waals surface area contributed by atoms with E-state index in [0.717, 1.165) is 19.4 Å². The highest BCUT2D eigenvalue weighted by atomic mass is 35.5. The molecule has 1 aliphatic rings. The molecule has 1 saturated heterocycles. The first-order valence-electron chi connectivity index (χ1n) is 7.44. The van der Waals surface area contributed by atoms with E-state index in [1.807, 2.05) is 0 Å². The van der Waals surface area contributed by atoms with Crippen LogP contribution in [0.2, 0.25) is 10.0 Å². The molecule has 0 bridgehead atoms. The van der Waals surface area contributed by atoms with Gasteiger partial charge in [0.1, 0.15) is 16.9 Å². The smallest absolute Gasteiger partial charge is 0.254 e. The number of aromatic nitrogens is 1. The number of hydrogen-bond donors (Lipinski definition) is 0. The number of carbonyl (C=O) groups is 1. The third-order valence-electron chi connectivity index (χ3n) is 3.77. The van der Waals surface area contributed by atoms with Gasteiger partial charge in [0.15, 0.2) is 0 Å². The van der Waals surface area contributed by atoms with Crippen molar-refractivity contribution in [1.82, 2.24) is 9.88 Å². The van der Waals surface area contributed by atoms with E-state index in [1.165, 1.54) is 0 Å². The molecule has 1 atom stereocenters. The highest BCUT2D eigenvalue weighted by Crippen LogP contribution is 2.26. The van der Waals surface area contributed by atoms with E-state index in [9.17, 15) is 4.79 Å². The minimum atomic E-state index is -0.0771. The molecular formula is C17H16Cl2N2O2. The molecule has 0 spiro atoms. The number of likely N-dealkylation sites (tertiary alicyclic amines) is 1. The molecule has 1 aromatic heterocycles. The van der Waals surface area contributed by atoms with Crippen LogP contribution < -0.4 is 4.74 Å². The summed E-state index contributed by atoms with van der Waals surface area (Å²) in [5.74, 6) is 0.574. The molecule has 6 heteroatoms. The summed E-state index contributed by atoms with van der Waals surface area (Å²) in [5, 5.41) is 1.04. The number of halogens is 2. The average Bonchev–Trinajstić information content (AvgIpc) is 2.56. The van der Waals surface area contributed by atoms with E-state index in [0.29, 0.717) is 27.9 Å². The summed E-state index contributed by atoms with van der Waals surface area (Å²) in [7, 11) is 0. The van der Waals surface area contributed by atoms with Crippen molar-refractivity contribution in [3.8, 4) is 5.75 Å². The summed E-state index contributed by atoms with van der Waals surface area (Å²) in [5.41, 5.74) is 0.597. The van der Waals surface area contributed by atoms with Crippen LogP contribution in [0.25, 0.3) is 0 Å². The van der Waals surface area contributed by atoms with Crippen LogP contribution in [0.4, 0.5) is 0 Å². The predicted molar refractivity (Wildman–Crippen MR) is 90.3 cm³/mol. The summed E-state index contributed by atoms with van der Waals surface area (Å²) < 4.78 is 5.93. The van der Waals surface area contributed by atoms with E-state index in [4.69, 9.17) is 27.9 Å². The lowest BCUT2D eigenvalue weighted by Gasteiger charge is -2.33. The Labute approximate surface area is 145 Å². The van der Waals surface area contributed by atoms with Gasteiger partial charge in [-0.05, 0) is 31.0 Å². The molecule has 3 rings (SSSR count). The van der Waals surface area contributed by atoms with Crippen LogP contribution >= 0.6 is 23.2 Å². The Hall–Kier alpha value is -1.78. The third-order valence-corrected chi connectivity index (χ3v) is 4.28. The van der Waals surface area contributed by atoms with E-state index in [1.54, 1.807) is 47.6 Å². The summed E-state index contributed by atoms with van der Waals surface area (Å²) in [6.07, 6.45) is 4.89. The molecule has 1 unspecified atom stereocenters. The Kier molecular flexibility index (Phi) is 5.03. The molecular weight excluding hydrogens is 335 g/mol. The lowest BCUT2D eigenvalue weighted by atomic mass is 10.1. The SMILES string of the molecule is O=C(c1cccc(Cl)c1)N1CCCC(Oc2ccncc2Cl)C1. The van der Waals surface area contributed by atoms with Gasteiger partial charge in [0, 0.05) is 35.6 Å². The number of rotatable bonds is 3. The van der Waals surface area contributed by atoms with Gasteiger partial charge >= 0.3 is 0 Å². The van der Waals surface area contributed by atoms with Gasteiger partial charge in [-0.15, -0.1) is 0 Å². The van der Waals surface area contributed by atoms with Gasteiger partial charge < -0.3 is 9.64 Å². The zero-order chi connectivity index (χ0) is 16.2. The molecule has 0 radical (unpaired) electrons. The lowest BCUT2D eigenvalue weighted by Crippen LogP contribution is -2.44. The van der Waals surface area contributed by atoms with Gasteiger partial charge in [0.05, 0.1) is 6.54 Å². The van der Waals surface area contributed by atoms with Crippen LogP contribution in [0, 0.1) is 0 Å². The maximum Gasteiger partial charge on any atom is 0.254 e. The van der Waals surface area contributed by atoms with Gasteiger partial charge in [0.2, 0.25) is 0 Å². The Balaban J connectivity index is 1.68. The second-order valence-electron chi connectivity index (χ2n) is 5.45. The number of carbonyl (C=O) groups excluding carboxylic acids is 1. The Morgan fingerprint density at radius 3 is 2.96 bits per heavy atom. The van der Waals surface area contributed by atoms with Crippen molar-refractivity contribution in [2.45, 2.75) is 18.9 Å². The van der Waals surface area contributed by atoms with Crippen LogP contribution in [0.15, 0.2) is 42.7 Å². The van der Waals surface area contributed by atoms with Crippen molar-refractivity contribution < 1.29 is 9.53 Å². The first-order chi connectivity index (χ1) is 11.1. The van der Waals surface area contributed by atoms with Crippen molar-refractivity contribution >= 4 is 29.1 Å². The maximum atomic E-state index is 12.6. The van der Waals surface area contributed by atoms with Crippen LogP contribution in [-0.2, 0) is 0 Å². The van der Waals surface area contributed by atoms with E-state index >= 15 is 0 Å². The fraction of sp³-hybridized carbons (Fsp3) is 0.294. The minimum Gasteiger partial charge on any atom is -0.487 e. The first kappa shape index (κ1) is 16.1. The highest BCUT2D eigenvalue weighted by Gasteiger charge is 2.26. The fourth-order valence-corrected chi connectivity index (χ4v) is 3.01. The topological polar surface area (TPSA) is 42.4 Å². The number of hydrogen-bond acceptors (Lipinski definition) is 3. The molecule has 1 aromatic carbocycles. The number of benzene rings is 1. The molecule has 1 fully saturated rings. The Morgan fingerprint density at radius 2 is 2.17 bits per heavy atom. The Bertz CT molecular complexity index is 708. The van der Waals surface area contributed by atoms with E-state index in [2.05, 4.69) is 4.98 Å². The van der Waals surface area contributed by atoms with Gasteiger partial charge in [-0.2, -0.15) is 0 Å². The van der Waals surface area contributed by atoms with Crippen molar-refractivity contribution in [2.24, 2.45) is 0 Å². The molecule has 0 saturated carbocycles. The summed E-state index contributed by atoms with van der Waals surface area (Å²) in [4.78, 5) is 18.3. The van der Waals surface area contributed by atoms with Gasteiger partial charge in [-0.1, -0.05) is 29.3 Å². The van der Waals surface area contributed by atoms with Crippen LogP contribution in [0.3, 0.4) is 0 Å². The Morgan fingerprint density at radius 1 is 1.30 bits per heavy atom. The summed E-state index contributed by atoms with van der Waals surface area (Å²) in [6, 6.07) is 8.74. The molecule has 2 aromatic rings. The van der Waals surface area contributed by atoms with E-state index < -0.39 is 0 Å². The molecule has 0 aliphatic carbocycles. The van der Waals surface area contributed by atoms with E-state index in [-0.39, 0.29) is 12.0 Å². The van der Waals surface area contributed by atoms with Crippen LogP contribution in [0.5, 0.6) is 5.75 Å². The molecule has 0 N–H and O–H groups in total. The molecule has 4 nitrogen and oxygen atoms in total. The molecule has 1 aliphatic heterocycles. The van der Waals surface area contributed by atoms with Crippen molar-refractivity contribution in [2.75, 3.05) is 13.1 Å². The monoisotopic (exact) mass is 350 g/mol. The van der Waals surface area contributed by atoms with Crippen molar-refractivity contribution in [3.05, 3.63) is 58.3 Å². The lowest BCUT2D eigenvalue weighted by molar-refractivity contribution is 0.0538. The number of nitrogens with zero attached hydrogens (tertiary/aromatic N) is 2. The zero-order valence-corrected chi connectivity index (χ0v) is 13.9. The van der Waals surface area contributed by atoms with Crippen molar-refractivity contribution in [1.29, 1.82) is 0 Å². The first-order valence-corrected chi connectivity index (χ1v) is 8.20. The van der Waals surface area contributed by atoms with Gasteiger partial charge in [-0.3, -0.25) is 9.78 Å². The highest BCUT2D eigenvalue weighted by molar-refractivity contribution is 6.32. The average molecular weight is 351 g/mol. The second kappa shape index (κ2) is 7.20. The molecule has 23 heavy (non-hydrogen) atoms. The van der Waals surface area contributed by atoms with Crippen LogP contribution in [-0.4, -0.2) is 35.0 Å². The maximum absolute atomic E-state index is 12.6. The molecule has 1 amide bonds. The second-order valence-corrected chi connectivity index (χ2v) is 6.29. The third kappa shape index (κ3) is 3.95. The predicted octanol–water partition coefficient (Wildman–Crippen LogP) is 4.07. The quantitative estimate of drug-likeness (QED) is 0.837. The number of piperidine rings is 1. The van der Waals surface area contributed by atoms with Gasteiger partial charge in [0.25, 0.3) is 5.91 Å².